The minimum absolute atomic E-state index is 0.0734. The molecule has 1 aliphatic heterocycles. The SMILES string of the molecule is Cc1noc(C)c1S(=O)(=O)N1CCCC(C(=O)Nc2ccc(Cl)cc2Cl)C1. The predicted octanol–water partition coefficient (Wildman–Crippen LogP) is 3.64. The summed E-state index contributed by atoms with van der Waals surface area (Å²) in [6.45, 7) is 3.57. The summed E-state index contributed by atoms with van der Waals surface area (Å²) in [6, 6.07) is 4.77. The van der Waals surface area contributed by atoms with Gasteiger partial charge in [0.25, 0.3) is 0 Å². The third-order valence-corrected chi connectivity index (χ3v) is 7.17. The van der Waals surface area contributed by atoms with Gasteiger partial charge in [-0.1, -0.05) is 28.4 Å². The van der Waals surface area contributed by atoms with Crippen molar-refractivity contribution < 1.29 is 17.7 Å². The van der Waals surface area contributed by atoms with Crippen LogP contribution in [0.25, 0.3) is 0 Å². The van der Waals surface area contributed by atoms with Crippen LogP contribution in [0.1, 0.15) is 24.3 Å². The second-order valence-electron chi connectivity index (χ2n) is 6.47. The van der Waals surface area contributed by atoms with Crippen molar-refractivity contribution in [1.82, 2.24) is 9.46 Å². The molecule has 1 unspecified atom stereocenters. The van der Waals surface area contributed by atoms with Gasteiger partial charge >= 0.3 is 0 Å². The molecule has 7 nitrogen and oxygen atoms in total. The lowest BCUT2D eigenvalue weighted by atomic mass is 9.99. The van der Waals surface area contributed by atoms with Gasteiger partial charge in [0.2, 0.25) is 15.9 Å². The normalized spacial score (nSPS) is 18.4. The molecule has 1 aliphatic rings. The second-order valence-corrected chi connectivity index (χ2v) is 9.19. The van der Waals surface area contributed by atoms with E-state index in [4.69, 9.17) is 27.7 Å². The fourth-order valence-electron chi connectivity index (χ4n) is 3.17. The Morgan fingerprint density at radius 3 is 2.70 bits per heavy atom. The molecule has 1 saturated heterocycles. The lowest BCUT2D eigenvalue weighted by Crippen LogP contribution is -2.43. The summed E-state index contributed by atoms with van der Waals surface area (Å²) in [5.41, 5.74) is 0.754. The largest absolute Gasteiger partial charge is 0.360 e. The number of anilines is 1. The van der Waals surface area contributed by atoms with Crippen LogP contribution in [0.3, 0.4) is 0 Å². The number of halogens is 2. The smallest absolute Gasteiger partial charge is 0.248 e. The van der Waals surface area contributed by atoms with E-state index in [1.165, 1.54) is 10.4 Å². The first-order valence-corrected chi connectivity index (χ1v) is 10.6. The van der Waals surface area contributed by atoms with Gasteiger partial charge < -0.3 is 9.84 Å². The number of benzene rings is 1. The molecular weight excluding hydrogens is 413 g/mol. The Balaban J connectivity index is 1.76. The number of amides is 1. The zero-order valence-corrected chi connectivity index (χ0v) is 17.2. The summed E-state index contributed by atoms with van der Waals surface area (Å²) < 4.78 is 32.2. The number of sulfonamides is 1. The Kier molecular flexibility index (Phi) is 5.81. The molecule has 1 fully saturated rings. The van der Waals surface area contributed by atoms with Crippen molar-refractivity contribution in [2.45, 2.75) is 31.6 Å². The van der Waals surface area contributed by atoms with Crippen molar-refractivity contribution in [2.75, 3.05) is 18.4 Å². The van der Waals surface area contributed by atoms with E-state index in [2.05, 4.69) is 10.5 Å². The Labute approximate surface area is 167 Å². The van der Waals surface area contributed by atoms with Gasteiger partial charge in [0.1, 0.15) is 10.6 Å². The highest BCUT2D eigenvalue weighted by Crippen LogP contribution is 2.30. The quantitative estimate of drug-likeness (QED) is 0.797. The lowest BCUT2D eigenvalue weighted by Gasteiger charge is -2.31. The monoisotopic (exact) mass is 431 g/mol. The number of nitrogens with zero attached hydrogens (tertiary/aromatic N) is 2. The van der Waals surface area contributed by atoms with Gasteiger partial charge in [-0.3, -0.25) is 4.79 Å². The van der Waals surface area contributed by atoms with Crippen molar-refractivity contribution in [2.24, 2.45) is 5.92 Å². The van der Waals surface area contributed by atoms with E-state index in [-0.39, 0.29) is 23.1 Å². The van der Waals surface area contributed by atoms with Crippen LogP contribution in [0.4, 0.5) is 5.69 Å². The highest BCUT2D eigenvalue weighted by molar-refractivity contribution is 7.89. The summed E-state index contributed by atoms with van der Waals surface area (Å²) in [5, 5.41) is 7.26. The standard InChI is InChI=1S/C17H19Cl2N3O4S/c1-10-16(11(2)26-21-10)27(24,25)22-7-3-4-12(9-22)17(23)20-15-6-5-13(18)8-14(15)19/h5-6,8,12H,3-4,7,9H2,1-2H3,(H,20,23). The minimum Gasteiger partial charge on any atom is -0.360 e. The number of aromatic nitrogens is 1. The van der Waals surface area contributed by atoms with Crippen molar-refractivity contribution in [3.8, 4) is 0 Å². The third-order valence-electron chi connectivity index (χ3n) is 4.51. The first kappa shape index (κ1) is 20.1. The molecule has 10 heteroatoms. The molecule has 2 aromatic rings. The Bertz CT molecular complexity index is 955. The molecule has 1 N–H and O–H groups in total. The second kappa shape index (κ2) is 7.79. The van der Waals surface area contributed by atoms with Gasteiger partial charge in [0.05, 0.1) is 16.6 Å². The number of rotatable bonds is 4. The lowest BCUT2D eigenvalue weighted by molar-refractivity contribution is -0.120. The maximum atomic E-state index is 13.0. The van der Waals surface area contributed by atoms with Crippen LogP contribution in [-0.4, -0.2) is 36.9 Å². The maximum Gasteiger partial charge on any atom is 0.248 e. The topological polar surface area (TPSA) is 92.5 Å². The van der Waals surface area contributed by atoms with Crippen LogP contribution in [0, 0.1) is 19.8 Å². The highest BCUT2D eigenvalue weighted by atomic mass is 35.5. The van der Waals surface area contributed by atoms with Crippen LogP contribution < -0.4 is 5.32 Å². The fraction of sp³-hybridized carbons (Fsp3) is 0.412. The molecule has 0 aliphatic carbocycles. The number of aryl methyl sites for hydroxylation is 2. The van der Waals surface area contributed by atoms with Gasteiger partial charge in [-0.25, -0.2) is 8.42 Å². The molecule has 0 bridgehead atoms. The first-order chi connectivity index (χ1) is 12.7. The zero-order valence-electron chi connectivity index (χ0n) is 14.8. The third kappa shape index (κ3) is 4.13. The van der Waals surface area contributed by atoms with E-state index < -0.39 is 15.9 Å². The minimum atomic E-state index is -3.78. The molecule has 0 radical (unpaired) electrons. The van der Waals surface area contributed by atoms with E-state index in [0.29, 0.717) is 40.8 Å². The predicted molar refractivity (Wildman–Crippen MR) is 103 cm³/mol. The number of hydrogen-bond donors (Lipinski definition) is 1. The van der Waals surface area contributed by atoms with Crippen LogP contribution in [-0.2, 0) is 14.8 Å². The molecule has 2 heterocycles. The van der Waals surface area contributed by atoms with Gasteiger partial charge in [-0.15, -0.1) is 0 Å². The summed E-state index contributed by atoms with van der Waals surface area (Å²) >= 11 is 12.0. The van der Waals surface area contributed by atoms with E-state index in [1.54, 1.807) is 26.0 Å². The average Bonchev–Trinajstić information content (AvgIpc) is 2.96. The van der Waals surface area contributed by atoms with E-state index in [9.17, 15) is 13.2 Å². The fourth-order valence-corrected chi connectivity index (χ4v) is 5.44. The van der Waals surface area contributed by atoms with Crippen LogP contribution >= 0.6 is 23.2 Å². The number of hydrogen-bond acceptors (Lipinski definition) is 5. The molecule has 1 aromatic heterocycles. The van der Waals surface area contributed by atoms with Crippen molar-refractivity contribution >= 4 is 44.8 Å². The van der Waals surface area contributed by atoms with Crippen molar-refractivity contribution in [1.29, 1.82) is 0 Å². The molecule has 1 amide bonds. The average molecular weight is 432 g/mol. The van der Waals surface area contributed by atoms with Gasteiger partial charge in [-0.2, -0.15) is 4.31 Å². The summed E-state index contributed by atoms with van der Waals surface area (Å²) in [7, 11) is -3.78. The first-order valence-electron chi connectivity index (χ1n) is 8.39. The number of carbonyl (C=O) groups excluding carboxylic acids is 1. The molecule has 146 valence electrons. The Morgan fingerprint density at radius 1 is 1.33 bits per heavy atom. The molecule has 3 rings (SSSR count). The summed E-state index contributed by atoms with van der Waals surface area (Å²) in [4.78, 5) is 12.7. The van der Waals surface area contributed by atoms with Gasteiger partial charge in [-0.05, 0) is 44.9 Å². The Morgan fingerprint density at radius 2 is 2.07 bits per heavy atom. The van der Waals surface area contributed by atoms with Crippen molar-refractivity contribution in [3.05, 3.63) is 39.7 Å². The van der Waals surface area contributed by atoms with Crippen LogP contribution in [0.2, 0.25) is 10.0 Å². The van der Waals surface area contributed by atoms with Crippen molar-refractivity contribution in [3.63, 3.8) is 0 Å². The van der Waals surface area contributed by atoms with Gasteiger partial charge in [0, 0.05) is 18.1 Å². The molecule has 27 heavy (non-hydrogen) atoms. The summed E-state index contributed by atoms with van der Waals surface area (Å²) in [6.07, 6.45) is 1.17. The number of carbonyl (C=O) groups is 1. The van der Waals surface area contributed by atoms with E-state index in [1.807, 2.05) is 0 Å². The zero-order chi connectivity index (χ0) is 19.8. The molecule has 0 saturated carbocycles. The molecule has 1 aromatic carbocycles. The molecular formula is C17H19Cl2N3O4S. The molecule has 1 atom stereocenters. The van der Waals surface area contributed by atoms with Gasteiger partial charge in [0.15, 0.2) is 5.76 Å². The van der Waals surface area contributed by atoms with E-state index in [0.717, 1.165) is 0 Å². The number of nitrogens with one attached hydrogen (secondary N) is 1. The highest BCUT2D eigenvalue weighted by Gasteiger charge is 2.36. The molecule has 0 spiro atoms. The van der Waals surface area contributed by atoms with Crippen LogP contribution in [0.15, 0.2) is 27.6 Å². The van der Waals surface area contributed by atoms with E-state index >= 15 is 0 Å². The summed E-state index contributed by atoms with van der Waals surface area (Å²) in [5.74, 6) is -0.523. The van der Waals surface area contributed by atoms with Crippen LogP contribution in [0.5, 0.6) is 0 Å². The number of piperidine rings is 1. The Hall–Kier alpha value is -1.61. The maximum absolute atomic E-state index is 13.0.